The van der Waals surface area contributed by atoms with Crippen LogP contribution in [0.2, 0.25) is 0 Å². The molecule has 3 fully saturated rings. The summed E-state index contributed by atoms with van der Waals surface area (Å²) in [7, 11) is 0. The molecule has 5 heteroatoms. The van der Waals surface area contributed by atoms with Crippen LogP contribution in [-0.2, 0) is 9.59 Å². The summed E-state index contributed by atoms with van der Waals surface area (Å²) in [5.41, 5.74) is -0.0937. The van der Waals surface area contributed by atoms with E-state index in [2.05, 4.69) is 24.1 Å². The zero-order valence-corrected chi connectivity index (χ0v) is 14.6. The van der Waals surface area contributed by atoms with Gasteiger partial charge in [-0.15, -0.1) is 0 Å². The van der Waals surface area contributed by atoms with E-state index in [1.165, 1.54) is 6.42 Å². The van der Waals surface area contributed by atoms with Crippen LogP contribution in [0.1, 0.15) is 52.4 Å². The van der Waals surface area contributed by atoms with Crippen molar-refractivity contribution in [2.45, 2.75) is 58.4 Å². The van der Waals surface area contributed by atoms with E-state index in [0.717, 1.165) is 58.3 Å². The van der Waals surface area contributed by atoms with E-state index in [1.54, 1.807) is 0 Å². The maximum Gasteiger partial charge on any atom is 0.236 e. The van der Waals surface area contributed by atoms with Crippen molar-refractivity contribution in [3.63, 3.8) is 0 Å². The maximum absolute atomic E-state index is 13.2. The monoisotopic (exact) mass is 321 g/mol. The Morgan fingerprint density at radius 1 is 1.30 bits per heavy atom. The molecule has 0 spiro atoms. The quantitative estimate of drug-likeness (QED) is 0.856. The number of amides is 2. The molecule has 5 nitrogen and oxygen atoms in total. The van der Waals surface area contributed by atoms with Crippen molar-refractivity contribution in [1.82, 2.24) is 15.1 Å². The number of nitrogens with zero attached hydrogens (tertiary/aromatic N) is 2. The Labute approximate surface area is 139 Å². The van der Waals surface area contributed by atoms with Gasteiger partial charge >= 0.3 is 0 Å². The van der Waals surface area contributed by atoms with E-state index in [4.69, 9.17) is 0 Å². The molecule has 0 aromatic heterocycles. The van der Waals surface area contributed by atoms with Crippen LogP contribution in [-0.4, -0.2) is 60.4 Å². The number of hydrogen-bond donors (Lipinski definition) is 1. The zero-order chi connectivity index (χ0) is 16.4. The van der Waals surface area contributed by atoms with E-state index >= 15 is 0 Å². The summed E-state index contributed by atoms with van der Waals surface area (Å²) in [6, 6.07) is 0.221. The van der Waals surface area contributed by atoms with Gasteiger partial charge in [-0.25, -0.2) is 0 Å². The third kappa shape index (κ3) is 3.39. The number of rotatable bonds is 4. The van der Waals surface area contributed by atoms with Gasteiger partial charge in [-0.3, -0.25) is 9.59 Å². The van der Waals surface area contributed by atoms with Crippen LogP contribution >= 0.6 is 0 Å². The van der Waals surface area contributed by atoms with Crippen molar-refractivity contribution in [1.29, 1.82) is 0 Å². The van der Waals surface area contributed by atoms with Gasteiger partial charge in [-0.2, -0.15) is 0 Å². The van der Waals surface area contributed by atoms with Crippen molar-refractivity contribution >= 4 is 11.8 Å². The van der Waals surface area contributed by atoms with Gasteiger partial charge in [0.15, 0.2) is 0 Å². The number of carbonyl (C=O) groups is 2. The lowest BCUT2D eigenvalue weighted by molar-refractivity contribution is -0.153. The molecule has 3 aliphatic rings. The third-order valence-corrected chi connectivity index (χ3v) is 5.81. The smallest absolute Gasteiger partial charge is 0.236 e. The molecular weight excluding hydrogens is 290 g/mol. The van der Waals surface area contributed by atoms with Crippen LogP contribution in [0.25, 0.3) is 0 Å². The minimum absolute atomic E-state index is 0.0937. The molecule has 2 heterocycles. The fourth-order valence-corrected chi connectivity index (χ4v) is 4.63. The summed E-state index contributed by atoms with van der Waals surface area (Å²) in [5, 5.41) is 3.13. The van der Waals surface area contributed by atoms with Crippen molar-refractivity contribution in [3.05, 3.63) is 0 Å². The second kappa shape index (κ2) is 6.80. The largest absolute Gasteiger partial charge is 0.340 e. The summed E-state index contributed by atoms with van der Waals surface area (Å²) < 4.78 is 0. The normalized spacial score (nSPS) is 28.0. The molecule has 1 N–H and O–H groups in total. The lowest BCUT2D eigenvalue weighted by Crippen LogP contribution is -2.59. The van der Waals surface area contributed by atoms with E-state index in [0.29, 0.717) is 18.4 Å². The molecule has 0 aromatic rings. The molecule has 130 valence electrons. The van der Waals surface area contributed by atoms with Gasteiger partial charge in [0.2, 0.25) is 11.8 Å². The van der Waals surface area contributed by atoms with Crippen LogP contribution in [0.5, 0.6) is 0 Å². The van der Waals surface area contributed by atoms with Gasteiger partial charge < -0.3 is 15.1 Å². The van der Waals surface area contributed by atoms with Gasteiger partial charge in [-0.05, 0) is 38.0 Å². The summed E-state index contributed by atoms with van der Waals surface area (Å²) in [4.78, 5) is 29.4. The van der Waals surface area contributed by atoms with Crippen molar-refractivity contribution in [2.24, 2.45) is 11.3 Å². The number of piperidine rings is 1. The first-order valence-electron chi connectivity index (χ1n) is 9.31. The summed E-state index contributed by atoms with van der Waals surface area (Å²) in [6.07, 6.45) is 6.36. The average molecular weight is 321 g/mol. The standard InChI is InChI=1S/C18H31N3O2/c1-14(2)11-18(6-4-7-18)17(23)20-9-3-5-15(13-20)21-10-8-19-12-16(21)22/h14-15,19H,3-13H2,1-2H3. The number of hydrogen-bond acceptors (Lipinski definition) is 3. The highest BCUT2D eigenvalue weighted by Crippen LogP contribution is 2.47. The SMILES string of the molecule is CC(C)CC1(C(=O)N2CCCC(N3CCNCC3=O)C2)CCC1. The predicted octanol–water partition coefficient (Wildman–Crippen LogP) is 1.63. The minimum Gasteiger partial charge on any atom is -0.340 e. The molecule has 3 rings (SSSR count). The van der Waals surface area contributed by atoms with Crippen LogP contribution in [0.4, 0.5) is 0 Å². The number of carbonyl (C=O) groups excluding carboxylic acids is 2. The third-order valence-electron chi connectivity index (χ3n) is 5.81. The maximum atomic E-state index is 13.2. The first-order valence-corrected chi connectivity index (χ1v) is 9.31. The first kappa shape index (κ1) is 16.7. The van der Waals surface area contributed by atoms with E-state index in [-0.39, 0.29) is 17.4 Å². The molecular formula is C18H31N3O2. The van der Waals surface area contributed by atoms with Gasteiger partial charge in [0, 0.05) is 37.6 Å². The lowest BCUT2D eigenvalue weighted by atomic mass is 9.63. The molecule has 1 aliphatic carbocycles. The predicted molar refractivity (Wildman–Crippen MR) is 89.9 cm³/mol. The van der Waals surface area contributed by atoms with Crippen molar-refractivity contribution in [2.75, 3.05) is 32.7 Å². The zero-order valence-electron chi connectivity index (χ0n) is 14.6. The second-order valence-corrected chi connectivity index (χ2v) is 8.04. The Kier molecular flexibility index (Phi) is 4.95. The van der Waals surface area contributed by atoms with Crippen molar-refractivity contribution in [3.8, 4) is 0 Å². The highest BCUT2D eigenvalue weighted by Gasteiger charge is 2.47. The highest BCUT2D eigenvalue weighted by molar-refractivity contribution is 5.84. The molecule has 2 amide bonds. The van der Waals surface area contributed by atoms with Gasteiger partial charge in [0.05, 0.1) is 6.54 Å². The first-order chi connectivity index (χ1) is 11.0. The van der Waals surface area contributed by atoms with E-state index in [9.17, 15) is 9.59 Å². The summed E-state index contributed by atoms with van der Waals surface area (Å²) in [6.45, 7) is 8.13. The van der Waals surface area contributed by atoms with Crippen LogP contribution in [0.15, 0.2) is 0 Å². The molecule has 1 saturated carbocycles. The molecule has 0 aromatic carbocycles. The Morgan fingerprint density at radius 2 is 2.09 bits per heavy atom. The number of piperazine rings is 1. The van der Waals surface area contributed by atoms with Gasteiger partial charge in [-0.1, -0.05) is 20.3 Å². The molecule has 2 aliphatic heterocycles. The Bertz CT molecular complexity index is 459. The Hall–Kier alpha value is -1.10. The molecule has 0 bridgehead atoms. The van der Waals surface area contributed by atoms with E-state index < -0.39 is 0 Å². The second-order valence-electron chi connectivity index (χ2n) is 8.04. The molecule has 23 heavy (non-hydrogen) atoms. The number of nitrogens with one attached hydrogen (secondary N) is 1. The van der Waals surface area contributed by atoms with Crippen LogP contribution in [0, 0.1) is 11.3 Å². The Balaban J connectivity index is 1.65. The molecule has 2 saturated heterocycles. The van der Waals surface area contributed by atoms with Gasteiger partial charge in [0.25, 0.3) is 0 Å². The summed E-state index contributed by atoms with van der Waals surface area (Å²) >= 11 is 0. The molecule has 1 unspecified atom stereocenters. The Morgan fingerprint density at radius 3 is 2.70 bits per heavy atom. The van der Waals surface area contributed by atoms with E-state index in [1.807, 2.05) is 4.90 Å². The molecule has 0 radical (unpaired) electrons. The van der Waals surface area contributed by atoms with Crippen LogP contribution in [0.3, 0.4) is 0 Å². The lowest BCUT2D eigenvalue weighted by Gasteiger charge is -2.48. The van der Waals surface area contributed by atoms with Crippen molar-refractivity contribution < 1.29 is 9.59 Å². The summed E-state index contributed by atoms with van der Waals surface area (Å²) in [5.74, 6) is 1.12. The van der Waals surface area contributed by atoms with Gasteiger partial charge in [0.1, 0.15) is 0 Å². The van der Waals surface area contributed by atoms with Crippen LogP contribution < -0.4 is 5.32 Å². The molecule has 1 atom stereocenters. The average Bonchev–Trinajstić information content (AvgIpc) is 2.50. The fourth-order valence-electron chi connectivity index (χ4n) is 4.63. The highest BCUT2D eigenvalue weighted by atomic mass is 16.2. The minimum atomic E-state index is -0.0937. The number of likely N-dealkylation sites (tertiary alicyclic amines) is 1. The fraction of sp³-hybridized carbons (Fsp3) is 0.889. The topological polar surface area (TPSA) is 52.7 Å².